The number of ether oxygens (including phenoxy) is 1. The molecule has 1 fully saturated rings. The monoisotopic (exact) mass is 286 g/mol. The minimum absolute atomic E-state index is 0.180. The van der Waals surface area contributed by atoms with Crippen molar-refractivity contribution >= 4 is 17.5 Å². The number of carbonyl (C=O) groups excluding carboxylic acids is 1. The molecular formula is C13H19ClN2O3. The second-order valence-corrected chi connectivity index (χ2v) is 5.32. The normalized spacial score (nSPS) is 26.6. The lowest BCUT2D eigenvalue weighted by Gasteiger charge is -2.26. The first-order valence-corrected chi connectivity index (χ1v) is 6.82. The Bertz CT molecular complexity index is 474. The van der Waals surface area contributed by atoms with E-state index >= 15 is 0 Å². The molecule has 1 saturated heterocycles. The average Bonchev–Trinajstić information content (AvgIpc) is 2.91. The maximum absolute atomic E-state index is 12.1. The van der Waals surface area contributed by atoms with Crippen molar-refractivity contribution < 1.29 is 14.6 Å². The fourth-order valence-electron chi connectivity index (χ4n) is 2.25. The minimum Gasteiger partial charge on any atom is -0.385 e. The molecule has 106 valence electrons. The second-order valence-electron chi connectivity index (χ2n) is 4.88. The molecule has 1 aromatic rings. The third kappa shape index (κ3) is 2.94. The summed E-state index contributed by atoms with van der Waals surface area (Å²) in [6.07, 6.45) is 1.98. The molecule has 0 spiro atoms. The van der Waals surface area contributed by atoms with Crippen LogP contribution in [0.4, 0.5) is 0 Å². The van der Waals surface area contributed by atoms with E-state index in [2.05, 4.69) is 5.32 Å². The Kier molecular flexibility index (Phi) is 4.18. The molecule has 0 bridgehead atoms. The van der Waals surface area contributed by atoms with Crippen LogP contribution in [0.2, 0.25) is 5.02 Å². The number of nitrogens with zero attached hydrogens (tertiary/aromatic N) is 1. The van der Waals surface area contributed by atoms with Crippen molar-refractivity contribution in [1.29, 1.82) is 0 Å². The van der Waals surface area contributed by atoms with Crippen LogP contribution in [0.1, 0.15) is 30.8 Å². The average molecular weight is 287 g/mol. The van der Waals surface area contributed by atoms with Crippen molar-refractivity contribution in [3.05, 3.63) is 23.0 Å². The zero-order chi connectivity index (χ0) is 14.0. The van der Waals surface area contributed by atoms with E-state index in [1.165, 1.54) is 0 Å². The summed E-state index contributed by atoms with van der Waals surface area (Å²) < 4.78 is 7.10. The molecule has 0 saturated carbocycles. The molecule has 1 amide bonds. The van der Waals surface area contributed by atoms with Gasteiger partial charge in [0.05, 0.1) is 11.1 Å². The first kappa shape index (κ1) is 14.4. The van der Waals surface area contributed by atoms with Gasteiger partial charge in [-0.2, -0.15) is 0 Å². The maximum atomic E-state index is 12.1. The van der Waals surface area contributed by atoms with Gasteiger partial charge in [0, 0.05) is 32.3 Å². The van der Waals surface area contributed by atoms with Crippen LogP contribution in [0.5, 0.6) is 0 Å². The van der Waals surface area contributed by atoms with Crippen molar-refractivity contribution in [2.24, 2.45) is 0 Å². The van der Waals surface area contributed by atoms with Crippen molar-refractivity contribution in [2.75, 3.05) is 13.2 Å². The van der Waals surface area contributed by atoms with Gasteiger partial charge < -0.3 is 19.7 Å². The highest BCUT2D eigenvalue weighted by atomic mass is 35.5. The summed E-state index contributed by atoms with van der Waals surface area (Å²) in [5.74, 6) is -0.235. The second kappa shape index (κ2) is 5.53. The van der Waals surface area contributed by atoms with Crippen molar-refractivity contribution in [1.82, 2.24) is 9.88 Å². The van der Waals surface area contributed by atoms with E-state index in [-0.39, 0.29) is 18.6 Å². The fourth-order valence-corrected chi connectivity index (χ4v) is 2.47. The van der Waals surface area contributed by atoms with Gasteiger partial charge in [0.15, 0.2) is 0 Å². The highest BCUT2D eigenvalue weighted by Crippen LogP contribution is 2.25. The Labute approximate surface area is 117 Å². The Balaban J connectivity index is 2.01. The van der Waals surface area contributed by atoms with Gasteiger partial charge in [-0.3, -0.25) is 4.79 Å². The van der Waals surface area contributed by atoms with E-state index in [0.717, 1.165) is 0 Å². The van der Waals surface area contributed by atoms with E-state index in [1.807, 2.05) is 13.8 Å². The quantitative estimate of drug-likeness (QED) is 0.880. The molecule has 2 heterocycles. The fraction of sp³-hybridized carbons (Fsp3) is 0.615. The molecule has 19 heavy (non-hydrogen) atoms. The van der Waals surface area contributed by atoms with Crippen LogP contribution < -0.4 is 5.32 Å². The van der Waals surface area contributed by atoms with E-state index in [4.69, 9.17) is 16.3 Å². The smallest absolute Gasteiger partial charge is 0.268 e. The van der Waals surface area contributed by atoms with Crippen LogP contribution >= 0.6 is 11.6 Å². The summed E-state index contributed by atoms with van der Waals surface area (Å²) in [6, 6.07) is 1.62. The molecule has 0 radical (unpaired) electrons. The molecule has 1 aromatic heterocycles. The Morgan fingerprint density at radius 1 is 1.74 bits per heavy atom. The van der Waals surface area contributed by atoms with E-state index in [0.29, 0.717) is 30.3 Å². The van der Waals surface area contributed by atoms with Crippen LogP contribution in [-0.2, 0) is 11.3 Å². The van der Waals surface area contributed by atoms with Gasteiger partial charge in [-0.05, 0) is 19.9 Å². The molecule has 2 unspecified atom stereocenters. The lowest BCUT2D eigenvalue weighted by molar-refractivity contribution is -0.0252. The molecular weight excluding hydrogens is 268 g/mol. The Morgan fingerprint density at radius 2 is 2.47 bits per heavy atom. The predicted octanol–water partition coefficient (Wildman–Crippen LogP) is 1.43. The highest BCUT2D eigenvalue weighted by Gasteiger charge is 2.39. The Hall–Kier alpha value is -1.04. The van der Waals surface area contributed by atoms with E-state index in [1.54, 1.807) is 16.8 Å². The summed E-state index contributed by atoms with van der Waals surface area (Å²) in [6.45, 7) is 5.11. The number of amides is 1. The van der Waals surface area contributed by atoms with Crippen LogP contribution in [0.15, 0.2) is 12.3 Å². The molecule has 6 heteroatoms. The van der Waals surface area contributed by atoms with E-state index in [9.17, 15) is 9.90 Å². The minimum atomic E-state index is -0.983. The Morgan fingerprint density at radius 3 is 3.05 bits per heavy atom. The largest absolute Gasteiger partial charge is 0.385 e. The predicted molar refractivity (Wildman–Crippen MR) is 72.4 cm³/mol. The lowest BCUT2D eigenvalue weighted by Crippen LogP contribution is -2.47. The van der Waals surface area contributed by atoms with Crippen molar-refractivity contribution in [3.63, 3.8) is 0 Å². The lowest BCUT2D eigenvalue weighted by atomic mass is 9.97. The number of hydrogen-bond donors (Lipinski definition) is 2. The zero-order valence-electron chi connectivity index (χ0n) is 11.1. The van der Waals surface area contributed by atoms with Gasteiger partial charge in [-0.25, -0.2) is 0 Å². The number of rotatable bonds is 4. The molecule has 2 atom stereocenters. The molecule has 0 aliphatic carbocycles. The summed E-state index contributed by atoms with van der Waals surface area (Å²) >= 11 is 5.90. The number of aryl methyl sites for hydroxylation is 1. The summed E-state index contributed by atoms with van der Waals surface area (Å²) in [5.41, 5.74) is -0.481. The summed E-state index contributed by atoms with van der Waals surface area (Å²) in [4.78, 5) is 12.1. The molecule has 1 aliphatic rings. The summed E-state index contributed by atoms with van der Waals surface area (Å²) in [5, 5.41) is 13.6. The van der Waals surface area contributed by atoms with Gasteiger partial charge in [0.1, 0.15) is 11.3 Å². The topological polar surface area (TPSA) is 63.5 Å². The van der Waals surface area contributed by atoms with Gasteiger partial charge in [-0.15, -0.1) is 0 Å². The standard InChI is InChI=1S/C13H19ClN2O3/c1-3-16-7-10(14)6-11(16)12(17)15-8-13(18)4-5-19-9(13)2/h6-7,9,18H,3-5,8H2,1-2H3,(H,15,17). The molecule has 0 aromatic carbocycles. The van der Waals surface area contributed by atoms with Gasteiger partial charge in [-0.1, -0.05) is 11.6 Å². The van der Waals surface area contributed by atoms with Gasteiger partial charge >= 0.3 is 0 Å². The molecule has 5 nitrogen and oxygen atoms in total. The highest BCUT2D eigenvalue weighted by molar-refractivity contribution is 6.31. The zero-order valence-corrected chi connectivity index (χ0v) is 11.9. The molecule has 2 N–H and O–H groups in total. The van der Waals surface area contributed by atoms with Crippen molar-refractivity contribution in [2.45, 2.75) is 38.5 Å². The van der Waals surface area contributed by atoms with Gasteiger partial charge in [0.25, 0.3) is 5.91 Å². The van der Waals surface area contributed by atoms with Crippen LogP contribution in [0.3, 0.4) is 0 Å². The number of aliphatic hydroxyl groups is 1. The van der Waals surface area contributed by atoms with Crippen molar-refractivity contribution in [3.8, 4) is 0 Å². The number of halogens is 1. The van der Waals surface area contributed by atoms with Crippen LogP contribution in [-0.4, -0.2) is 40.4 Å². The first-order chi connectivity index (χ1) is 8.96. The third-order valence-corrected chi connectivity index (χ3v) is 3.86. The number of hydrogen-bond acceptors (Lipinski definition) is 3. The third-order valence-electron chi connectivity index (χ3n) is 3.65. The van der Waals surface area contributed by atoms with Crippen LogP contribution in [0, 0.1) is 0 Å². The SMILES string of the molecule is CCn1cc(Cl)cc1C(=O)NCC1(O)CCOC1C. The maximum Gasteiger partial charge on any atom is 0.268 e. The number of carbonyl (C=O) groups is 1. The van der Waals surface area contributed by atoms with Crippen LogP contribution in [0.25, 0.3) is 0 Å². The van der Waals surface area contributed by atoms with E-state index < -0.39 is 5.60 Å². The first-order valence-electron chi connectivity index (χ1n) is 6.44. The van der Waals surface area contributed by atoms with Gasteiger partial charge in [0.2, 0.25) is 0 Å². The summed E-state index contributed by atoms with van der Waals surface area (Å²) in [7, 11) is 0. The molecule has 1 aliphatic heterocycles. The molecule has 2 rings (SSSR count). The number of nitrogens with one attached hydrogen (secondary N) is 1. The number of aromatic nitrogens is 1.